The van der Waals surface area contributed by atoms with Gasteiger partial charge in [0.15, 0.2) is 11.5 Å². The zero-order chi connectivity index (χ0) is 20.9. The van der Waals surface area contributed by atoms with E-state index >= 15 is 0 Å². The number of aryl methyl sites for hydroxylation is 2. The third-order valence-electron chi connectivity index (χ3n) is 4.97. The Balaban J connectivity index is 1.31. The van der Waals surface area contributed by atoms with Crippen LogP contribution in [-0.2, 0) is 13.0 Å². The maximum Gasteiger partial charge on any atom is 0.251 e. The minimum absolute atomic E-state index is 0.143. The number of hydrogen-bond acceptors (Lipinski definition) is 6. The first-order valence-corrected chi connectivity index (χ1v) is 9.91. The summed E-state index contributed by atoms with van der Waals surface area (Å²) in [5, 5.41) is 6.87. The van der Waals surface area contributed by atoms with Crippen molar-refractivity contribution in [3.05, 3.63) is 70.6 Å². The molecule has 7 heteroatoms. The number of nitrogens with one attached hydrogen (secondary N) is 1. The highest BCUT2D eigenvalue weighted by atomic mass is 16.6. The SMILES string of the molecule is Cc1noc(C)c1COc1cccc(C(=O)NCCc2ccc3c(c2)OCCO3)c1. The van der Waals surface area contributed by atoms with Crippen molar-refractivity contribution in [2.24, 2.45) is 0 Å². The molecule has 0 aliphatic carbocycles. The van der Waals surface area contributed by atoms with Crippen LogP contribution in [-0.4, -0.2) is 30.8 Å². The van der Waals surface area contributed by atoms with Gasteiger partial charge < -0.3 is 24.1 Å². The monoisotopic (exact) mass is 408 g/mol. The summed E-state index contributed by atoms with van der Waals surface area (Å²) >= 11 is 0. The van der Waals surface area contributed by atoms with E-state index in [9.17, 15) is 4.79 Å². The van der Waals surface area contributed by atoms with Gasteiger partial charge in [-0.2, -0.15) is 0 Å². The number of benzene rings is 2. The van der Waals surface area contributed by atoms with Gasteiger partial charge in [-0.25, -0.2) is 0 Å². The smallest absolute Gasteiger partial charge is 0.251 e. The van der Waals surface area contributed by atoms with Crippen LogP contribution in [0.25, 0.3) is 0 Å². The summed E-state index contributed by atoms with van der Waals surface area (Å²) in [5.41, 5.74) is 3.36. The zero-order valence-electron chi connectivity index (χ0n) is 17.1. The highest BCUT2D eigenvalue weighted by molar-refractivity contribution is 5.94. The largest absolute Gasteiger partial charge is 0.489 e. The van der Waals surface area contributed by atoms with Crippen LogP contribution in [0.1, 0.15) is 32.9 Å². The van der Waals surface area contributed by atoms with E-state index in [1.165, 1.54) is 0 Å². The molecule has 1 aliphatic heterocycles. The molecular formula is C23H24N2O5. The zero-order valence-corrected chi connectivity index (χ0v) is 17.1. The standard InChI is InChI=1S/C23H24N2O5/c1-15-20(16(2)30-25-15)14-29-19-5-3-4-18(13-19)23(26)24-9-8-17-6-7-21-22(12-17)28-11-10-27-21/h3-7,12-13H,8-11,14H2,1-2H3,(H,24,26). The predicted molar refractivity (Wildman–Crippen MR) is 110 cm³/mol. The molecule has 0 bridgehead atoms. The van der Waals surface area contributed by atoms with Gasteiger partial charge in [0.1, 0.15) is 31.3 Å². The van der Waals surface area contributed by atoms with Gasteiger partial charge in [-0.15, -0.1) is 0 Å². The minimum atomic E-state index is -0.143. The second-order valence-electron chi connectivity index (χ2n) is 7.10. The van der Waals surface area contributed by atoms with Gasteiger partial charge in [-0.1, -0.05) is 17.3 Å². The Kier molecular flexibility index (Phi) is 5.88. The Labute approximate surface area is 174 Å². The topological polar surface area (TPSA) is 82.8 Å². The van der Waals surface area contributed by atoms with Crippen LogP contribution in [0.4, 0.5) is 0 Å². The van der Waals surface area contributed by atoms with Crippen LogP contribution in [0.5, 0.6) is 17.2 Å². The number of hydrogen-bond donors (Lipinski definition) is 1. The van der Waals surface area contributed by atoms with Crippen molar-refractivity contribution < 1.29 is 23.5 Å². The predicted octanol–water partition coefficient (Wildman–Crippen LogP) is 3.61. The van der Waals surface area contributed by atoms with Gasteiger partial charge in [0, 0.05) is 12.1 Å². The molecule has 0 spiro atoms. The first-order valence-electron chi connectivity index (χ1n) is 9.91. The molecule has 2 aromatic carbocycles. The number of rotatable bonds is 7. The van der Waals surface area contributed by atoms with Gasteiger partial charge in [0.25, 0.3) is 5.91 Å². The van der Waals surface area contributed by atoms with E-state index in [0.29, 0.717) is 44.1 Å². The van der Waals surface area contributed by atoms with Crippen molar-refractivity contribution in [2.75, 3.05) is 19.8 Å². The van der Waals surface area contributed by atoms with Crippen LogP contribution >= 0.6 is 0 Å². The van der Waals surface area contributed by atoms with E-state index in [1.54, 1.807) is 18.2 Å². The summed E-state index contributed by atoms with van der Waals surface area (Å²) in [7, 11) is 0. The summed E-state index contributed by atoms with van der Waals surface area (Å²) < 4.78 is 22.1. The van der Waals surface area contributed by atoms with Crippen LogP contribution in [0.2, 0.25) is 0 Å². The van der Waals surface area contributed by atoms with E-state index in [4.69, 9.17) is 18.7 Å². The third-order valence-corrected chi connectivity index (χ3v) is 4.97. The van der Waals surface area contributed by atoms with Crippen molar-refractivity contribution in [3.63, 3.8) is 0 Å². The van der Waals surface area contributed by atoms with E-state index in [-0.39, 0.29) is 5.91 Å². The summed E-state index contributed by atoms with van der Waals surface area (Å²) in [6, 6.07) is 13.0. The molecule has 1 aliphatic rings. The summed E-state index contributed by atoms with van der Waals surface area (Å²) in [6.45, 7) is 5.72. The molecule has 30 heavy (non-hydrogen) atoms. The van der Waals surface area contributed by atoms with Gasteiger partial charge in [0.05, 0.1) is 11.3 Å². The van der Waals surface area contributed by atoms with Crippen molar-refractivity contribution in [2.45, 2.75) is 26.9 Å². The van der Waals surface area contributed by atoms with Gasteiger partial charge in [-0.3, -0.25) is 4.79 Å². The second-order valence-corrected chi connectivity index (χ2v) is 7.10. The Morgan fingerprint density at radius 2 is 1.93 bits per heavy atom. The molecule has 0 saturated carbocycles. The highest BCUT2D eigenvalue weighted by Gasteiger charge is 2.13. The highest BCUT2D eigenvalue weighted by Crippen LogP contribution is 2.30. The van der Waals surface area contributed by atoms with E-state index in [1.807, 2.05) is 38.1 Å². The molecule has 1 amide bonds. The number of fused-ring (bicyclic) bond motifs is 1. The Morgan fingerprint density at radius 3 is 2.73 bits per heavy atom. The first kappa shape index (κ1) is 19.8. The fourth-order valence-corrected chi connectivity index (χ4v) is 3.26. The Bertz CT molecular complexity index is 1020. The number of carbonyl (C=O) groups is 1. The summed E-state index contributed by atoms with van der Waals surface area (Å²) in [6.07, 6.45) is 0.699. The van der Waals surface area contributed by atoms with E-state index in [2.05, 4.69) is 10.5 Å². The maximum absolute atomic E-state index is 12.5. The molecule has 0 saturated heterocycles. The number of ether oxygens (including phenoxy) is 3. The van der Waals surface area contributed by atoms with Gasteiger partial charge >= 0.3 is 0 Å². The number of nitrogens with zero attached hydrogens (tertiary/aromatic N) is 1. The van der Waals surface area contributed by atoms with Gasteiger partial charge in [-0.05, 0) is 56.2 Å². The molecule has 4 rings (SSSR count). The maximum atomic E-state index is 12.5. The lowest BCUT2D eigenvalue weighted by Crippen LogP contribution is -2.25. The van der Waals surface area contributed by atoms with Crippen molar-refractivity contribution in [3.8, 4) is 17.2 Å². The molecule has 0 atom stereocenters. The van der Waals surface area contributed by atoms with E-state index < -0.39 is 0 Å². The average molecular weight is 408 g/mol. The summed E-state index contributed by atoms with van der Waals surface area (Å²) in [4.78, 5) is 12.5. The second kappa shape index (κ2) is 8.90. The van der Waals surface area contributed by atoms with Crippen molar-refractivity contribution >= 4 is 5.91 Å². The van der Waals surface area contributed by atoms with Crippen LogP contribution in [0.15, 0.2) is 47.0 Å². The van der Waals surface area contributed by atoms with Gasteiger partial charge in [0.2, 0.25) is 0 Å². The van der Waals surface area contributed by atoms with Crippen LogP contribution in [0.3, 0.4) is 0 Å². The number of amides is 1. The Morgan fingerprint density at radius 1 is 1.10 bits per heavy atom. The molecule has 3 aromatic rings. The fourth-order valence-electron chi connectivity index (χ4n) is 3.26. The van der Waals surface area contributed by atoms with Crippen LogP contribution < -0.4 is 19.5 Å². The molecule has 7 nitrogen and oxygen atoms in total. The molecular weight excluding hydrogens is 384 g/mol. The van der Waals surface area contributed by atoms with Crippen molar-refractivity contribution in [1.82, 2.24) is 10.5 Å². The lowest BCUT2D eigenvalue weighted by atomic mass is 10.1. The molecule has 2 heterocycles. The number of aromatic nitrogens is 1. The lowest BCUT2D eigenvalue weighted by Gasteiger charge is -2.18. The quantitative estimate of drug-likeness (QED) is 0.643. The van der Waals surface area contributed by atoms with E-state index in [0.717, 1.165) is 34.1 Å². The molecule has 0 fully saturated rings. The Hall–Kier alpha value is -3.48. The normalized spacial score (nSPS) is 12.5. The average Bonchev–Trinajstić information content (AvgIpc) is 3.09. The minimum Gasteiger partial charge on any atom is -0.489 e. The third kappa shape index (κ3) is 4.56. The lowest BCUT2D eigenvalue weighted by molar-refractivity contribution is 0.0953. The first-order chi connectivity index (χ1) is 14.6. The molecule has 0 radical (unpaired) electrons. The van der Waals surface area contributed by atoms with Crippen molar-refractivity contribution in [1.29, 1.82) is 0 Å². The molecule has 0 unspecified atom stereocenters. The fraction of sp³-hybridized carbons (Fsp3) is 0.304. The molecule has 156 valence electrons. The molecule has 1 aromatic heterocycles. The van der Waals surface area contributed by atoms with Crippen LogP contribution in [0, 0.1) is 13.8 Å². The summed E-state index contributed by atoms with van der Waals surface area (Å²) in [5.74, 6) is 2.74. The number of carbonyl (C=O) groups excluding carboxylic acids is 1. The molecule has 1 N–H and O–H groups in total.